The summed E-state index contributed by atoms with van der Waals surface area (Å²) < 4.78 is 5.64. The zero-order valence-electron chi connectivity index (χ0n) is 15.4. The molecule has 0 amide bonds. The van der Waals surface area contributed by atoms with Crippen molar-refractivity contribution < 1.29 is 9.53 Å². The number of hydrogen-bond acceptors (Lipinski definition) is 2. The molecule has 1 aliphatic rings. The van der Waals surface area contributed by atoms with Gasteiger partial charge in [-0.2, -0.15) is 0 Å². The summed E-state index contributed by atoms with van der Waals surface area (Å²) in [6.45, 7) is 2.27. The Morgan fingerprint density at radius 3 is 2.22 bits per heavy atom. The molecule has 0 N–H and O–H groups in total. The standard InChI is InChI=1S/C21H38O2/c1-2-3-4-5-6-7-8-9-11-14-17-20-18-15-12-10-13-16-19-21(22)23-20/h10,13,20H,2-9,11-12,14-19H2,1H3/b13-10-. The lowest BCUT2D eigenvalue weighted by molar-refractivity contribution is -0.149. The van der Waals surface area contributed by atoms with Crippen LogP contribution in [0.25, 0.3) is 0 Å². The summed E-state index contributed by atoms with van der Waals surface area (Å²) in [5, 5.41) is 0. The highest BCUT2D eigenvalue weighted by Crippen LogP contribution is 2.18. The summed E-state index contributed by atoms with van der Waals surface area (Å²) in [6.07, 6.45) is 23.9. The second-order valence-corrected chi connectivity index (χ2v) is 7.02. The van der Waals surface area contributed by atoms with Crippen LogP contribution in [0.3, 0.4) is 0 Å². The Hall–Kier alpha value is -0.790. The van der Waals surface area contributed by atoms with E-state index < -0.39 is 0 Å². The van der Waals surface area contributed by atoms with E-state index in [1.54, 1.807) is 0 Å². The molecule has 0 spiro atoms. The SMILES string of the molecule is CCCCCCCCCCCCC1CCC/C=C\CCC(=O)O1. The molecule has 0 radical (unpaired) electrons. The van der Waals surface area contributed by atoms with E-state index in [2.05, 4.69) is 19.1 Å². The summed E-state index contributed by atoms with van der Waals surface area (Å²) in [5.41, 5.74) is 0. The zero-order chi connectivity index (χ0) is 16.6. The van der Waals surface area contributed by atoms with Crippen LogP contribution in [0.2, 0.25) is 0 Å². The topological polar surface area (TPSA) is 26.3 Å². The van der Waals surface area contributed by atoms with Crippen molar-refractivity contribution in [2.24, 2.45) is 0 Å². The molecule has 1 atom stereocenters. The summed E-state index contributed by atoms with van der Waals surface area (Å²) >= 11 is 0. The Balaban J connectivity index is 2.00. The summed E-state index contributed by atoms with van der Waals surface area (Å²) in [7, 11) is 0. The molecule has 0 aromatic heterocycles. The van der Waals surface area contributed by atoms with Crippen LogP contribution >= 0.6 is 0 Å². The number of cyclic esters (lactones) is 1. The van der Waals surface area contributed by atoms with E-state index in [1.807, 2.05) is 0 Å². The molecule has 0 aliphatic carbocycles. The van der Waals surface area contributed by atoms with Crippen molar-refractivity contribution >= 4 is 5.97 Å². The van der Waals surface area contributed by atoms with Gasteiger partial charge in [0, 0.05) is 6.42 Å². The average Bonchev–Trinajstić information content (AvgIpc) is 2.55. The lowest BCUT2D eigenvalue weighted by Gasteiger charge is -2.18. The molecular formula is C21H38O2. The molecule has 0 aromatic rings. The lowest BCUT2D eigenvalue weighted by Crippen LogP contribution is -2.18. The molecule has 134 valence electrons. The van der Waals surface area contributed by atoms with Crippen LogP contribution in [0, 0.1) is 0 Å². The third kappa shape index (κ3) is 12.3. The van der Waals surface area contributed by atoms with Crippen LogP contribution in [0.4, 0.5) is 0 Å². The van der Waals surface area contributed by atoms with E-state index in [0.29, 0.717) is 6.42 Å². The van der Waals surface area contributed by atoms with Crippen LogP contribution in [-0.4, -0.2) is 12.1 Å². The maximum atomic E-state index is 11.7. The molecule has 2 heteroatoms. The minimum atomic E-state index is -0.00590. The third-order valence-corrected chi connectivity index (χ3v) is 4.76. The van der Waals surface area contributed by atoms with E-state index in [4.69, 9.17) is 4.74 Å². The molecule has 0 fully saturated rings. The molecular weight excluding hydrogens is 284 g/mol. The van der Waals surface area contributed by atoms with Crippen molar-refractivity contribution in [3.63, 3.8) is 0 Å². The van der Waals surface area contributed by atoms with Gasteiger partial charge in [-0.1, -0.05) is 76.9 Å². The normalized spacial score (nSPS) is 20.9. The Morgan fingerprint density at radius 2 is 1.52 bits per heavy atom. The first-order chi connectivity index (χ1) is 11.3. The van der Waals surface area contributed by atoms with Gasteiger partial charge in [0.25, 0.3) is 0 Å². The number of esters is 1. The molecule has 1 aliphatic heterocycles. The van der Waals surface area contributed by atoms with Crippen LogP contribution in [0.1, 0.15) is 110 Å². The van der Waals surface area contributed by atoms with Gasteiger partial charge in [-0.15, -0.1) is 0 Å². The minimum absolute atomic E-state index is 0.00590. The number of carbonyl (C=O) groups excluding carboxylic acids is 1. The predicted molar refractivity (Wildman–Crippen MR) is 98.6 cm³/mol. The summed E-state index contributed by atoms with van der Waals surface area (Å²) in [4.78, 5) is 11.7. The number of ether oxygens (including phenoxy) is 1. The molecule has 0 saturated heterocycles. The molecule has 0 saturated carbocycles. The number of hydrogen-bond donors (Lipinski definition) is 0. The van der Waals surface area contributed by atoms with Gasteiger partial charge in [0.05, 0.1) is 0 Å². The quantitative estimate of drug-likeness (QED) is 0.239. The Kier molecular flexibility index (Phi) is 13.0. The van der Waals surface area contributed by atoms with Crippen molar-refractivity contribution in [1.82, 2.24) is 0 Å². The number of allylic oxidation sites excluding steroid dienone is 2. The highest BCUT2D eigenvalue weighted by molar-refractivity contribution is 5.69. The minimum Gasteiger partial charge on any atom is -0.462 e. The van der Waals surface area contributed by atoms with Crippen LogP contribution in [0.5, 0.6) is 0 Å². The van der Waals surface area contributed by atoms with Crippen LogP contribution in [-0.2, 0) is 9.53 Å². The fourth-order valence-corrected chi connectivity index (χ4v) is 3.27. The summed E-state index contributed by atoms with van der Waals surface area (Å²) in [6, 6.07) is 0. The van der Waals surface area contributed by atoms with Crippen molar-refractivity contribution in [3.05, 3.63) is 12.2 Å². The van der Waals surface area contributed by atoms with Crippen LogP contribution < -0.4 is 0 Å². The second kappa shape index (κ2) is 14.8. The van der Waals surface area contributed by atoms with E-state index in [1.165, 1.54) is 64.2 Å². The summed E-state index contributed by atoms with van der Waals surface area (Å²) in [5.74, 6) is -0.00590. The van der Waals surface area contributed by atoms with Gasteiger partial charge >= 0.3 is 5.97 Å². The maximum absolute atomic E-state index is 11.7. The fourth-order valence-electron chi connectivity index (χ4n) is 3.27. The van der Waals surface area contributed by atoms with E-state index in [-0.39, 0.29) is 12.1 Å². The average molecular weight is 323 g/mol. The maximum Gasteiger partial charge on any atom is 0.306 e. The van der Waals surface area contributed by atoms with E-state index in [9.17, 15) is 4.79 Å². The Labute approximate surface area is 144 Å². The first-order valence-corrected chi connectivity index (χ1v) is 10.2. The van der Waals surface area contributed by atoms with E-state index in [0.717, 1.165) is 32.1 Å². The molecule has 1 heterocycles. The predicted octanol–water partition coefficient (Wildman–Crippen LogP) is 6.73. The largest absolute Gasteiger partial charge is 0.462 e. The first kappa shape index (κ1) is 20.3. The molecule has 1 unspecified atom stereocenters. The fraction of sp³-hybridized carbons (Fsp3) is 0.857. The smallest absolute Gasteiger partial charge is 0.306 e. The molecule has 0 bridgehead atoms. The highest BCUT2D eigenvalue weighted by Gasteiger charge is 2.14. The van der Waals surface area contributed by atoms with Crippen LogP contribution in [0.15, 0.2) is 12.2 Å². The van der Waals surface area contributed by atoms with Gasteiger partial charge in [-0.25, -0.2) is 0 Å². The van der Waals surface area contributed by atoms with Crippen molar-refractivity contribution in [2.75, 3.05) is 0 Å². The number of carbonyl (C=O) groups is 1. The van der Waals surface area contributed by atoms with Gasteiger partial charge in [0.15, 0.2) is 0 Å². The number of rotatable bonds is 11. The second-order valence-electron chi connectivity index (χ2n) is 7.02. The monoisotopic (exact) mass is 322 g/mol. The van der Waals surface area contributed by atoms with Crippen molar-refractivity contribution in [1.29, 1.82) is 0 Å². The van der Waals surface area contributed by atoms with Crippen molar-refractivity contribution in [2.45, 2.75) is 116 Å². The molecule has 2 nitrogen and oxygen atoms in total. The highest BCUT2D eigenvalue weighted by atomic mass is 16.5. The zero-order valence-corrected chi connectivity index (χ0v) is 15.4. The molecule has 0 aromatic carbocycles. The third-order valence-electron chi connectivity index (χ3n) is 4.76. The molecule has 23 heavy (non-hydrogen) atoms. The van der Waals surface area contributed by atoms with Gasteiger partial charge in [0.1, 0.15) is 6.10 Å². The Morgan fingerprint density at radius 1 is 0.913 bits per heavy atom. The lowest BCUT2D eigenvalue weighted by atomic mass is 10.0. The molecule has 1 rings (SSSR count). The number of unbranched alkanes of at least 4 members (excludes halogenated alkanes) is 9. The van der Waals surface area contributed by atoms with Gasteiger partial charge < -0.3 is 4.74 Å². The van der Waals surface area contributed by atoms with E-state index >= 15 is 0 Å². The first-order valence-electron chi connectivity index (χ1n) is 10.2. The van der Waals surface area contributed by atoms with Crippen molar-refractivity contribution in [3.8, 4) is 0 Å². The van der Waals surface area contributed by atoms with Gasteiger partial charge in [-0.05, 0) is 38.5 Å². The Bertz CT molecular complexity index is 309. The van der Waals surface area contributed by atoms with Gasteiger partial charge in [0.2, 0.25) is 0 Å². The van der Waals surface area contributed by atoms with Gasteiger partial charge in [-0.3, -0.25) is 4.79 Å².